The largest absolute Gasteiger partial charge is 0.382 e. The Kier molecular flexibility index (Phi) is 4.61. The molecule has 110 valence electrons. The molecule has 3 heteroatoms. The topological polar surface area (TPSA) is 21.3 Å². The van der Waals surface area contributed by atoms with Crippen LogP contribution in [0, 0.1) is 0 Å². The van der Waals surface area contributed by atoms with Gasteiger partial charge in [-0.05, 0) is 42.5 Å². The second kappa shape index (κ2) is 6.63. The molecule has 2 nitrogen and oxygen atoms in total. The first kappa shape index (κ1) is 14.6. The molecule has 0 bridgehead atoms. The molecule has 2 aromatic carbocycles. The van der Waals surface area contributed by atoms with Gasteiger partial charge in [-0.15, -0.1) is 0 Å². The number of anilines is 1. The number of hydrogen-bond donors (Lipinski definition) is 1. The van der Waals surface area contributed by atoms with Gasteiger partial charge < -0.3 is 10.1 Å². The zero-order valence-corrected chi connectivity index (χ0v) is 13.8. The average molecular weight is 346 g/mol. The van der Waals surface area contributed by atoms with Crippen molar-refractivity contribution < 1.29 is 4.74 Å². The van der Waals surface area contributed by atoms with Crippen molar-refractivity contribution in [3.05, 3.63) is 63.6 Å². The molecule has 0 aromatic heterocycles. The molecule has 1 aliphatic carbocycles. The van der Waals surface area contributed by atoms with Crippen molar-refractivity contribution in [3.8, 4) is 0 Å². The molecule has 3 rings (SSSR count). The van der Waals surface area contributed by atoms with E-state index in [1.807, 2.05) is 0 Å². The van der Waals surface area contributed by atoms with Crippen LogP contribution in [0.2, 0.25) is 0 Å². The summed E-state index contributed by atoms with van der Waals surface area (Å²) in [5.74, 6) is 0. The van der Waals surface area contributed by atoms with Crippen LogP contribution in [0.3, 0.4) is 0 Å². The Morgan fingerprint density at radius 2 is 1.95 bits per heavy atom. The summed E-state index contributed by atoms with van der Waals surface area (Å²) in [6.45, 7) is 0.618. The van der Waals surface area contributed by atoms with Crippen molar-refractivity contribution in [1.82, 2.24) is 0 Å². The summed E-state index contributed by atoms with van der Waals surface area (Å²) in [5, 5.41) is 3.71. The van der Waals surface area contributed by atoms with Crippen LogP contribution in [0.4, 0.5) is 5.69 Å². The van der Waals surface area contributed by atoms with Crippen molar-refractivity contribution in [2.24, 2.45) is 0 Å². The van der Waals surface area contributed by atoms with Crippen LogP contribution >= 0.6 is 15.9 Å². The van der Waals surface area contributed by atoms with Gasteiger partial charge in [0.05, 0.1) is 6.61 Å². The lowest BCUT2D eigenvalue weighted by Crippen LogP contribution is -2.27. The molecule has 0 saturated heterocycles. The predicted octanol–water partition coefficient (Wildman–Crippen LogP) is 4.56. The number of ether oxygens (including phenoxy) is 1. The summed E-state index contributed by atoms with van der Waals surface area (Å²) < 4.78 is 6.43. The van der Waals surface area contributed by atoms with Crippen molar-refractivity contribution in [2.45, 2.75) is 31.9 Å². The summed E-state index contributed by atoms with van der Waals surface area (Å²) in [6.07, 6.45) is 3.42. The molecule has 0 fully saturated rings. The zero-order chi connectivity index (χ0) is 14.7. The van der Waals surface area contributed by atoms with Crippen LogP contribution in [-0.4, -0.2) is 13.2 Å². The van der Waals surface area contributed by atoms with Crippen LogP contribution in [0.25, 0.3) is 0 Å². The molecular formula is C18H20BrNO. The minimum Gasteiger partial charge on any atom is -0.382 e. The Morgan fingerprint density at radius 1 is 1.14 bits per heavy atom. The minimum atomic E-state index is 0.491. The average Bonchev–Trinajstić information content (AvgIpc) is 2.51. The van der Waals surface area contributed by atoms with E-state index in [9.17, 15) is 0 Å². The van der Waals surface area contributed by atoms with Gasteiger partial charge in [-0.25, -0.2) is 0 Å². The highest BCUT2D eigenvalue weighted by Gasteiger charge is 2.19. The van der Waals surface area contributed by atoms with Crippen LogP contribution in [0.5, 0.6) is 0 Å². The van der Waals surface area contributed by atoms with Gasteiger partial charge in [0.25, 0.3) is 0 Å². The first-order chi connectivity index (χ1) is 10.3. The maximum absolute atomic E-state index is 5.32. The third kappa shape index (κ3) is 3.30. The number of benzene rings is 2. The van der Waals surface area contributed by atoms with E-state index in [1.54, 1.807) is 7.11 Å². The maximum atomic E-state index is 5.32. The lowest BCUT2D eigenvalue weighted by atomic mass is 9.88. The molecule has 0 saturated carbocycles. The number of halogens is 1. The highest BCUT2D eigenvalue weighted by molar-refractivity contribution is 9.10. The molecule has 1 aliphatic rings. The highest BCUT2D eigenvalue weighted by Crippen LogP contribution is 2.29. The van der Waals surface area contributed by atoms with Gasteiger partial charge in [0.15, 0.2) is 0 Å². The van der Waals surface area contributed by atoms with E-state index in [-0.39, 0.29) is 0 Å². The lowest BCUT2D eigenvalue weighted by Gasteiger charge is -2.27. The Morgan fingerprint density at radius 3 is 2.76 bits per heavy atom. The molecule has 0 heterocycles. The number of fused-ring (bicyclic) bond motifs is 1. The van der Waals surface area contributed by atoms with E-state index in [4.69, 9.17) is 4.74 Å². The third-order valence-corrected chi connectivity index (χ3v) is 4.86. The summed E-state index contributed by atoms with van der Waals surface area (Å²) in [4.78, 5) is 0. The Hall–Kier alpha value is -1.32. The van der Waals surface area contributed by atoms with Crippen LogP contribution in [0.15, 0.2) is 46.9 Å². The van der Waals surface area contributed by atoms with Gasteiger partial charge in [-0.3, -0.25) is 0 Å². The van der Waals surface area contributed by atoms with Gasteiger partial charge in [0.2, 0.25) is 0 Å². The number of aryl methyl sites for hydroxylation is 1. The van der Waals surface area contributed by atoms with Gasteiger partial charge in [-0.2, -0.15) is 0 Å². The van der Waals surface area contributed by atoms with E-state index in [0.717, 1.165) is 17.3 Å². The normalized spacial score (nSPS) is 17.3. The second-order valence-electron chi connectivity index (χ2n) is 5.55. The van der Waals surface area contributed by atoms with Crippen molar-refractivity contribution in [1.29, 1.82) is 0 Å². The zero-order valence-electron chi connectivity index (χ0n) is 12.2. The molecule has 1 atom stereocenters. The molecule has 0 radical (unpaired) electrons. The summed E-state index contributed by atoms with van der Waals surface area (Å²) >= 11 is 3.62. The third-order valence-electron chi connectivity index (χ3n) is 4.11. The quantitative estimate of drug-likeness (QED) is 0.876. The lowest BCUT2D eigenvalue weighted by molar-refractivity contribution is 0.185. The first-order valence-corrected chi connectivity index (χ1v) is 8.17. The molecule has 1 unspecified atom stereocenters. The second-order valence-corrected chi connectivity index (χ2v) is 6.41. The molecule has 1 N–H and O–H groups in total. The SMILES string of the molecule is COCc1c(Br)cccc1NC1CCc2ccccc2C1. The van der Waals surface area contributed by atoms with Crippen LogP contribution in [0.1, 0.15) is 23.1 Å². The maximum Gasteiger partial charge on any atom is 0.0744 e. The van der Waals surface area contributed by atoms with E-state index >= 15 is 0 Å². The van der Waals surface area contributed by atoms with Gasteiger partial charge in [0, 0.05) is 28.9 Å². The minimum absolute atomic E-state index is 0.491. The van der Waals surface area contributed by atoms with Gasteiger partial charge >= 0.3 is 0 Å². The van der Waals surface area contributed by atoms with Crippen LogP contribution < -0.4 is 5.32 Å². The smallest absolute Gasteiger partial charge is 0.0744 e. The molecule has 0 aliphatic heterocycles. The monoisotopic (exact) mass is 345 g/mol. The molecular weight excluding hydrogens is 326 g/mol. The Labute approximate surface area is 134 Å². The van der Waals surface area contributed by atoms with Gasteiger partial charge in [0.1, 0.15) is 0 Å². The Balaban J connectivity index is 1.78. The number of nitrogens with one attached hydrogen (secondary N) is 1. The number of hydrogen-bond acceptors (Lipinski definition) is 2. The van der Waals surface area contributed by atoms with Crippen molar-refractivity contribution in [3.63, 3.8) is 0 Å². The van der Waals surface area contributed by atoms with Gasteiger partial charge in [-0.1, -0.05) is 46.3 Å². The number of methoxy groups -OCH3 is 1. The van der Waals surface area contributed by atoms with Crippen LogP contribution in [-0.2, 0) is 24.2 Å². The van der Waals surface area contributed by atoms with E-state index in [0.29, 0.717) is 12.6 Å². The van der Waals surface area contributed by atoms with E-state index in [2.05, 4.69) is 63.7 Å². The summed E-state index contributed by atoms with van der Waals surface area (Å²) in [6, 6.07) is 15.5. The fraction of sp³-hybridized carbons (Fsp3) is 0.333. The fourth-order valence-electron chi connectivity index (χ4n) is 3.03. The van der Waals surface area contributed by atoms with E-state index in [1.165, 1.54) is 28.8 Å². The fourth-order valence-corrected chi connectivity index (χ4v) is 3.51. The predicted molar refractivity (Wildman–Crippen MR) is 90.7 cm³/mol. The molecule has 21 heavy (non-hydrogen) atoms. The first-order valence-electron chi connectivity index (χ1n) is 7.37. The van der Waals surface area contributed by atoms with Crippen molar-refractivity contribution in [2.75, 3.05) is 12.4 Å². The highest BCUT2D eigenvalue weighted by atomic mass is 79.9. The van der Waals surface area contributed by atoms with Crippen molar-refractivity contribution >= 4 is 21.6 Å². The molecule has 0 amide bonds. The number of rotatable bonds is 4. The Bertz CT molecular complexity index is 626. The summed E-state index contributed by atoms with van der Waals surface area (Å²) in [5.41, 5.74) is 5.35. The molecule has 0 spiro atoms. The summed E-state index contributed by atoms with van der Waals surface area (Å²) in [7, 11) is 1.74. The molecule has 2 aromatic rings. The standard InChI is InChI=1S/C18H20BrNO/c1-21-12-16-17(19)7-4-8-18(16)20-15-10-9-13-5-2-3-6-14(13)11-15/h2-8,15,20H,9-12H2,1H3. The van der Waals surface area contributed by atoms with E-state index < -0.39 is 0 Å².